The number of phenols is 2. The maximum absolute atomic E-state index is 12.8. The third kappa shape index (κ3) is 4.99. The first-order chi connectivity index (χ1) is 18.8. The van der Waals surface area contributed by atoms with Crippen LogP contribution >= 0.6 is 23.5 Å². The highest BCUT2D eigenvalue weighted by Gasteiger charge is 2.48. The summed E-state index contributed by atoms with van der Waals surface area (Å²) in [6.45, 7) is -0.466. The van der Waals surface area contributed by atoms with Crippen molar-refractivity contribution in [3.8, 4) is 11.5 Å². The van der Waals surface area contributed by atoms with Crippen molar-refractivity contribution in [1.82, 2.24) is 0 Å². The summed E-state index contributed by atoms with van der Waals surface area (Å²) < 4.78 is 10.9. The first-order valence-electron chi connectivity index (χ1n) is 11.8. The number of fused-ring (bicyclic) bond motifs is 1. The van der Waals surface area contributed by atoms with E-state index in [4.69, 9.17) is 9.47 Å². The number of hydrogen-bond acceptors (Lipinski definition) is 17. The number of hydrogen-bond donors (Lipinski definition) is 11. The number of benzene rings is 1. The van der Waals surface area contributed by atoms with Crippen LogP contribution in [0.15, 0.2) is 15.4 Å². The highest BCUT2D eigenvalue weighted by molar-refractivity contribution is 8.03. The highest BCUT2D eigenvalue weighted by atomic mass is 32.2. The lowest BCUT2D eigenvalue weighted by molar-refractivity contribution is -0.205. The Morgan fingerprint density at radius 3 is 1.43 bits per heavy atom. The number of ketones is 2. The van der Waals surface area contributed by atoms with Crippen molar-refractivity contribution in [1.29, 1.82) is 0 Å². The molecule has 0 saturated carbocycles. The summed E-state index contributed by atoms with van der Waals surface area (Å²) >= 11 is 0.823. The van der Waals surface area contributed by atoms with Crippen LogP contribution in [0, 0.1) is 0 Å². The number of aliphatic hydroxyl groups excluding tert-OH is 9. The number of Topliss-reactive ketones (excluding diaryl/α,β-unsaturated/α-hetero) is 2. The lowest BCUT2D eigenvalue weighted by Crippen LogP contribution is -2.57. The maximum atomic E-state index is 12.8. The number of allylic oxidation sites excluding steroid dienone is 1. The quantitative estimate of drug-likeness (QED) is 0.113. The van der Waals surface area contributed by atoms with Crippen LogP contribution in [0.25, 0.3) is 5.76 Å². The molecule has 222 valence electrons. The molecule has 10 atom stereocenters. The van der Waals surface area contributed by atoms with E-state index in [1.807, 2.05) is 0 Å². The molecule has 40 heavy (non-hydrogen) atoms. The van der Waals surface area contributed by atoms with Crippen LogP contribution in [-0.4, -0.2) is 141 Å². The second kappa shape index (κ2) is 11.7. The van der Waals surface area contributed by atoms with Crippen molar-refractivity contribution in [2.45, 2.75) is 76.4 Å². The first-order valence-corrected chi connectivity index (χ1v) is 13.6. The van der Waals surface area contributed by atoms with E-state index in [-0.39, 0.29) is 0 Å². The Morgan fingerprint density at radius 1 is 0.625 bits per heavy atom. The Balaban J connectivity index is 1.87. The molecule has 11 N–H and O–H groups in total. The molecule has 0 spiro atoms. The predicted molar refractivity (Wildman–Crippen MR) is 134 cm³/mol. The molecule has 2 heterocycles. The Morgan fingerprint density at radius 2 is 1.02 bits per heavy atom. The molecule has 2 aliphatic heterocycles. The van der Waals surface area contributed by atoms with Crippen molar-refractivity contribution in [3.05, 3.63) is 16.7 Å². The van der Waals surface area contributed by atoms with Crippen molar-refractivity contribution in [3.63, 3.8) is 0 Å². The molecule has 3 aliphatic rings. The van der Waals surface area contributed by atoms with E-state index >= 15 is 0 Å². The van der Waals surface area contributed by atoms with E-state index in [9.17, 15) is 65.8 Å². The molecule has 0 amide bonds. The van der Waals surface area contributed by atoms with E-state index in [0.29, 0.717) is 23.5 Å². The molecular formula is C23H28O15S2. The SMILES string of the molecule is CC1=C(O)c2c(O)c(SC3OC(CO)C(O)C(O)C3O)c(SC3OC(CO)C(O)C(O)C3O)c(O)c2C(=O)C1=O. The van der Waals surface area contributed by atoms with Gasteiger partial charge in [-0.15, -0.1) is 0 Å². The maximum Gasteiger partial charge on any atom is 0.237 e. The molecule has 0 aromatic heterocycles. The zero-order chi connectivity index (χ0) is 29.8. The van der Waals surface area contributed by atoms with Gasteiger partial charge < -0.3 is 65.6 Å². The van der Waals surface area contributed by atoms with Crippen LogP contribution in [0.1, 0.15) is 22.8 Å². The summed E-state index contributed by atoms with van der Waals surface area (Å²) in [5, 5.41) is 114. The fourth-order valence-corrected chi connectivity index (χ4v) is 7.08. The number of thioether (sulfide) groups is 2. The number of phenolic OH excluding ortho intramolecular Hbond substituents is 2. The minimum Gasteiger partial charge on any atom is -0.507 e. The van der Waals surface area contributed by atoms with Gasteiger partial charge >= 0.3 is 0 Å². The number of aliphatic hydroxyl groups is 9. The van der Waals surface area contributed by atoms with Gasteiger partial charge in [0.25, 0.3) is 0 Å². The molecular weight excluding hydrogens is 580 g/mol. The molecule has 1 aliphatic carbocycles. The summed E-state index contributed by atoms with van der Waals surface area (Å²) in [7, 11) is 0. The normalized spacial score (nSPS) is 36.6. The molecule has 1 aromatic rings. The van der Waals surface area contributed by atoms with Crippen LogP contribution < -0.4 is 0 Å². The van der Waals surface area contributed by atoms with E-state index < -0.39 is 128 Å². The standard InChI is InChI=1S/C23H28O15S2/c1-4-9(26)7-8(13(30)10(4)27)15(32)21(40-23-19(36)17(34)12(29)6(3-25)38-23)20(14(7)31)39-22-18(35)16(33)11(28)5(2-24)37-22/h5-6,11-12,16-19,22-26,28-29,31-36H,2-3H2,1H3. The molecule has 0 bridgehead atoms. The van der Waals surface area contributed by atoms with Crippen LogP contribution in [0.2, 0.25) is 0 Å². The van der Waals surface area contributed by atoms with E-state index in [1.54, 1.807) is 0 Å². The molecule has 0 radical (unpaired) electrons. The molecule has 1 aromatic carbocycles. The number of ether oxygens (including phenoxy) is 2. The number of carbonyl (C=O) groups excluding carboxylic acids is 2. The second-order valence-electron chi connectivity index (χ2n) is 9.37. The largest absolute Gasteiger partial charge is 0.507 e. The van der Waals surface area contributed by atoms with Gasteiger partial charge in [-0.05, 0) is 6.92 Å². The molecule has 2 saturated heterocycles. The zero-order valence-corrected chi connectivity index (χ0v) is 22.2. The molecule has 17 heteroatoms. The average Bonchev–Trinajstić information content (AvgIpc) is 2.93. The topological polar surface area (TPSA) is 275 Å². The van der Waals surface area contributed by atoms with Gasteiger partial charge in [-0.2, -0.15) is 0 Å². The highest BCUT2D eigenvalue weighted by Crippen LogP contribution is 2.54. The number of carbonyl (C=O) groups is 2. The summed E-state index contributed by atoms with van der Waals surface area (Å²) in [5.74, 6) is -5.18. The van der Waals surface area contributed by atoms with E-state index in [1.165, 1.54) is 0 Å². The monoisotopic (exact) mass is 608 g/mol. The van der Waals surface area contributed by atoms with Crippen LogP contribution in [0.5, 0.6) is 11.5 Å². The van der Waals surface area contributed by atoms with Gasteiger partial charge in [-0.1, -0.05) is 23.5 Å². The third-order valence-corrected chi connectivity index (χ3v) is 9.53. The molecule has 10 unspecified atom stereocenters. The number of aromatic hydroxyl groups is 2. The summed E-state index contributed by atoms with van der Waals surface area (Å²) in [6, 6.07) is 0. The number of rotatable bonds is 6. The summed E-state index contributed by atoms with van der Waals surface area (Å²) in [5.41, 5.74) is -4.97. The lowest BCUT2D eigenvalue weighted by atomic mass is 9.88. The fraction of sp³-hybridized carbons (Fsp3) is 0.565. The van der Waals surface area contributed by atoms with Crippen molar-refractivity contribution in [2.75, 3.05) is 13.2 Å². The Labute approximate surface area is 233 Å². The summed E-state index contributed by atoms with van der Waals surface area (Å²) in [6.07, 6.45) is -13.5. The van der Waals surface area contributed by atoms with Crippen molar-refractivity contribution in [2.24, 2.45) is 0 Å². The van der Waals surface area contributed by atoms with Gasteiger partial charge in [-0.3, -0.25) is 9.59 Å². The van der Waals surface area contributed by atoms with Crippen LogP contribution in [0.4, 0.5) is 0 Å². The van der Waals surface area contributed by atoms with Crippen molar-refractivity contribution >= 4 is 40.8 Å². The Hall–Kier alpha value is -2.00. The van der Waals surface area contributed by atoms with Gasteiger partial charge in [0.2, 0.25) is 11.6 Å². The zero-order valence-electron chi connectivity index (χ0n) is 20.6. The Kier molecular flexibility index (Phi) is 9.06. The smallest absolute Gasteiger partial charge is 0.237 e. The Bertz CT molecular complexity index is 1220. The minimum atomic E-state index is -1.85. The lowest BCUT2D eigenvalue weighted by Gasteiger charge is -2.41. The van der Waals surface area contributed by atoms with Gasteiger partial charge in [0.1, 0.15) is 77.0 Å². The second-order valence-corrected chi connectivity index (χ2v) is 11.6. The third-order valence-electron chi connectivity index (χ3n) is 6.89. The van der Waals surface area contributed by atoms with E-state index in [2.05, 4.69) is 0 Å². The van der Waals surface area contributed by atoms with Crippen LogP contribution in [-0.2, 0) is 14.3 Å². The first kappa shape index (κ1) is 30.9. The minimum absolute atomic E-state index is 0.396. The average molecular weight is 609 g/mol. The molecule has 2 fully saturated rings. The molecule has 15 nitrogen and oxygen atoms in total. The fourth-order valence-electron chi connectivity index (χ4n) is 4.49. The van der Waals surface area contributed by atoms with Gasteiger partial charge in [0.05, 0.1) is 34.1 Å². The molecule has 4 rings (SSSR count). The van der Waals surface area contributed by atoms with Crippen molar-refractivity contribution < 1.29 is 75.2 Å². The van der Waals surface area contributed by atoms with Gasteiger partial charge in [0, 0.05) is 5.57 Å². The van der Waals surface area contributed by atoms with Gasteiger partial charge in [0.15, 0.2) is 0 Å². The summed E-state index contributed by atoms with van der Waals surface area (Å²) in [4.78, 5) is 24.3. The van der Waals surface area contributed by atoms with Crippen LogP contribution in [0.3, 0.4) is 0 Å². The van der Waals surface area contributed by atoms with E-state index in [0.717, 1.165) is 6.92 Å². The predicted octanol–water partition coefficient (Wildman–Crippen LogP) is -3.06. The van der Waals surface area contributed by atoms with Gasteiger partial charge in [-0.25, -0.2) is 0 Å².